The van der Waals surface area contributed by atoms with E-state index in [0.717, 1.165) is 83.0 Å². The van der Waals surface area contributed by atoms with Gasteiger partial charge >= 0.3 is 0 Å². The van der Waals surface area contributed by atoms with Gasteiger partial charge < -0.3 is 15.0 Å². The standard InChI is InChI=1S/C21H34N4O2S/c1-2-24-9-5-17-15-18(25-10-12-27-13-11-25)3-6-21(17,16-24)20(26)23-7-4-19-22-8-14-28-19/h8,14,17-18H,2-7,9-13,15-16H2,1H3,(H,23,26)/t17-,18+,21-/m1/s1. The summed E-state index contributed by atoms with van der Waals surface area (Å²) < 4.78 is 5.54. The molecule has 1 saturated carbocycles. The lowest BCUT2D eigenvalue weighted by molar-refractivity contribution is -0.144. The lowest BCUT2D eigenvalue weighted by atomic mass is 9.61. The summed E-state index contributed by atoms with van der Waals surface area (Å²) in [5.41, 5.74) is -0.208. The van der Waals surface area contributed by atoms with Gasteiger partial charge in [-0.1, -0.05) is 6.92 Å². The number of hydrogen-bond acceptors (Lipinski definition) is 6. The van der Waals surface area contributed by atoms with Crippen LogP contribution in [0, 0.1) is 11.3 Å². The molecular weight excluding hydrogens is 372 g/mol. The quantitative estimate of drug-likeness (QED) is 0.783. The van der Waals surface area contributed by atoms with Crippen molar-refractivity contribution in [2.45, 2.75) is 45.1 Å². The number of nitrogens with zero attached hydrogens (tertiary/aromatic N) is 3. The van der Waals surface area contributed by atoms with E-state index in [1.165, 1.54) is 0 Å². The Kier molecular flexibility index (Phi) is 6.66. The minimum absolute atomic E-state index is 0.208. The summed E-state index contributed by atoms with van der Waals surface area (Å²) in [7, 11) is 0. The zero-order valence-corrected chi connectivity index (χ0v) is 17.9. The van der Waals surface area contributed by atoms with E-state index in [1.54, 1.807) is 11.3 Å². The summed E-state index contributed by atoms with van der Waals surface area (Å²) in [6, 6.07) is 0.623. The van der Waals surface area contributed by atoms with Crippen LogP contribution < -0.4 is 5.32 Å². The largest absolute Gasteiger partial charge is 0.379 e. The molecule has 3 atom stereocenters. The van der Waals surface area contributed by atoms with Crippen LogP contribution in [0.1, 0.15) is 37.6 Å². The van der Waals surface area contributed by atoms with Gasteiger partial charge in [0.15, 0.2) is 0 Å². The third kappa shape index (κ3) is 4.27. The summed E-state index contributed by atoms with van der Waals surface area (Å²) in [5.74, 6) is 0.782. The van der Waals surface area contributed by atoms with Crippen LogP contribution in [0.15, 0.2) is 11.6 Å². The number of carbonyl (C=O) groups excluding carboxylic acids is 1. The van der Waals surface area contributed by atoms with Crippen LogP contribution in [0.2, 0.25) is 0 Å². The van der Waals surface area contributed by atoms with Crippen molar-refractivity contribution in [3.63, 3.8) is 0 Å². The third-order valence-electron chi connectivity index (χ3n) is 7.13. The average molecular weight is 407 g/mol. The van der Waals surface area contributed by atoms with E-state index in [2.05, 4.69) is 27.0 Å². The first-order valence-corrected chi connectivity index (χ1v) is 11.8. The summed E-state index contributed by atoms with van der Waals surface area (Å²) in [5, 5.41) is 6.39. The summed E-state index contributed by atoms with van der Waals surface area (Å²) in [6.45, 7) is 9.80. The highest BCUT2D eigenvalue weighted by Crippen LogP contribution is 2.47. The van der Waals surface area contributed by atoms with Crippen molar-refractivity contribution in [3.8, 4) is 0 Å². The van der Waals surface area contributed by atoms with Crippen LogP contribution in [-0.4, -0.2) is 79.2 Å². The molecule has 1 aromatic heterocycles. The molecule has 3 fully saturated rings. The Morgan fingerprint density at radius 1 is 1.36 bits per heavy atom. The molecule has 1 N–H and O–H groups in total. The number of aromatic nitrogens is 1. The van der Waals surface area contributed by atoms with E-state index >= 15 is 0 Å². The molecule has 6 nitrogen and oxygen atoms in total. The van der Waals surface area contributed by atoms with Gasteiger partial charge in [-0.15, -0.1) is 11.3 Å². The summed E-state index contributed by atoms with van der Waals surface area (Å²) >= 11 is 1.66. The molecule has 2 aliphatic heterocycles. The number of morpholine rings is 1. The van der Waals surface area contributed by atoms with E-state index in [4.69, 9.17) is 4.74 Å². The number of fused-ring (bicyclic) bond motifs is 1. The van der Waals surface area contributed by atoms with E-state index in [1.807, 2.05) is 11.6 Å². The SMILES string of the molecule is CCN1CC[C@@H]2C[C@@H](N3CCOCC3)CC[C@@]2(C(=O)NCCc2nccs2)C1. The highest BCUT2D eigenvalue weighted by molar-refractivity contribution is 7.09. The van der Waals surface area contributed by atoms with E-state index in [0.29, 0.717) is 18.5 Å². The molecule has 2 saturated heterocycles. The molecule has 1 aromatic rings. The second-order valence-electron chi connectivity index (χ2n) is 8.52. The molecule has 7 heteroatoms. The zero-order valence-electron chi connectivity index (χ0n) is 17.1. The van der Waals surface area contributed by atoms with Crippen LogP contribution in [0.4, 0.5) is 0 Å². The Labute approximate surface area is 172 Å². The normalized spacial score (nSPS) is 32.0. The van der Waals surface area contributed by atoms with Crippen molar-refractivity contribution in [1.82, 2.24) is 20.1 Å². The van der Waals surface area contributed by atoms with Gasteiger partial charge in [0.1, 0.15) is 0 Å². The molecule has 4 rings (SSSR count). The smallest absolute Gasteiger partial charge is 0.227 e. The Bertz CT molecular complexity index is 634. The number of nitrogens with one attached hydrogen (secondary N) is 1. The van der Waals surface area contributed by atoms with Crippen LogP contribution in [0.25, 0.3) is 0 Å². The number of carbonyl (C=O) groups is 1. The Balaban J connectivity index is 1.42. The Hall–Kier alpha value is -1.02. The molecule has 3 heterocycles. The summed E-state index contributed by atoms with van der Waals surface area (Å²) in [4.78, 5) is 22.9. The van der Waals surface area contributed by atoms with Gasteiger partial charge in [-0.3, -0.25) is 9.69 Å². The second-order valence-corrected chi connectivity index (χ2v) is 9.50. The van der Waals surface area contributed by atoms with Gasteiger partial charge in [-0.25, -0.2) is 4.98 Å². The number of thiazole rings is 1. The average Bonchev–Trinajstić information content (AvgIpc) is 3.27. The molecule has 0 bridgehead atoms. The van der Waals surface area contributed by atoms with Gasteiger partial charge in [-0.05, 0) is 44.7 Å². The molecule has 0 spiro atoms. The predicted octanol–water partition coefficient (Wildman–Crippen LogP) is 2.01. The number of likely N-dealkylation sites (tertiary alicyclic amines) is 1. The molecule has 1 aliphatic carbocycles. The maximum Gasteiger partial charge on any atom is 0.227 e. The summed E-state index contributed by atoms with van der Waals surface area (Å²) in [6.07, 6.45) is 7.13. The Morgan fingerprint density at radius 2 is 2.21 bits per heavy atom. The maximum absolute atomic E-state index is 13.4. The monoisotopic (exact) mass is 406 g/mol. The van der Waals surface area contributed by atoms with Crippen molar-refractivity contribution >= 4 is 17.2 Å². The minimum Gasteiger partial charge on any atom is -0.379 e. The van der Waals surface area contributed by atoms with Crippen LogP contribution in [0.5, 0.6) is 0 Å². The van der Waals surface area contributed by atoms with Crippen molar-refractivity contribution in [2.24, 2.45) is 11.3 Å². The van der Waals surface area contributed by atoms with Gasteiger partial charge in [-0.2, -0.15) is 0 Å². The van der Waals surface area contributed by atoms with Crippen LogP contribution in [0.3, 0.4) is 0 Å². The van der Waals surface area contributed by atoms with Gasteiger partial charge in [0.2, 0.25) is 5.91 Å². The molecule has 3 aliphatic rings. The highest BCUT2D eigenvalue weighted by Gasteiger charge is 2.52. The number of ether oxygens (including phenoxy) is 1. The maximum atomic E-state index is 13.4. The first-order chi connectivity index (χ1) is 13.7. The van der Waals surface area contributed by atoms with E-state index in [9.17, 15) is 4.79 Å². The van der Waals surface area contributed by atoms with Gasteiger partial charge in [0.05, 0.1) is 23.6 Å². The third-order valence-corrected chi connectivity index (χ3v) is 7.97. The molecule has 0 aromatic carbocycles. The van der Waals surface area contributed by atoms with Crippen molar-refractivity contribution in [1.29, 1.82) is 0 Å². The lowest BCUT2D eigenvalue weighted by Crippen LogP contribution is -2.61. The molecule has 0 radical (unpaired) electrons. The van der Waals surface area contributed by atoms with E-state index in [-0.39, 0.29) is 11.3 Å². The fraction of sp³-hybridized carbons (Fsp3) is 0.810. The first kappa shape index (κ1) is 20.3. The van der Waals surface area contributed by atoms with Crippen LogP contribution >= 0.6 is 11.3 Å². The van der Waals surface area contributed by atoms with E-state index < -0.39 is 0 Å². The number of piperidine rings is 1. The fourth-order valence-electron chi connectivity index (χ4n) is 5.47. The number of rotatable bonds is 6. The highest BCUT2D eigenvalue weighted by atomic mass is 32.1. The van der Waals surface area contributed by atoms with Crippen molar-refractivity contribution < 1.29 is 9.53 Å². The van der Waals surface area contributed by atoms with Crippen molar-refractivity contribution in [3.05, 3.63) is 16.6 Å². The topological polar surface area (TPSA) is 57.7 Å². The molecular formula is C21H34N4O2S. The van der Waals surface area contributed by atoms with Gasteiger partial charge in [0.25, 0.3) is 0 Å². The molecule has 28 heavy (non-hydrogen) atoms. The van der Waals surface area contributed by atoms with Crippen LogP contribution in [-0.2, 0) is 16.0 Å². The lowest BCUT2D eigenvalue weighted by Gasteiger charge is -2.53. The molecule has 156 valence electrons. The zero-order chi connectivity index (χ0) is 19.4. The number of amides is 1. The fourth-order valence-corrected chi connectivity index (χ4v) is 6.09. The predicted molar refractivity (Wildman–Crippen MR) is 112 cm³/mol. The number of hydrogen-bond donors (Lipinski definition) is 1. The molecule has 0 unspecified atom stereocenters. The minimum atomic E-state index is -0.208. The Morgan fingerprint density at radius 3 is 2.96 bits per heavy atom. The van der Waals surface area contributed by atoms with Crippen molar-refractivity contribution in [2.75, 3.05) is 52.5 Å². The molecule has 1 amide bonds. The second kappa shape index (κ2) is 9.20. The first-order valence-electron chi connectivity index (χ1n) is 10.9. The van der Waals surface area contributed by atoms with Gasteiger partial charge in [0, 0.05) is 50.2 Å².